The Bertz CT molecular complexity index is 391. The molecule has 0 bridgehead atoms. The first-order valence-electron chi connectivity index (χ1n) is 9.12. The largest absolute Gasteiger partial charge is 0.465 e. The first-order chi connectivity index (χ1) is 11.9. The first kappa shape index (κ1) is 25.9. The lowest BCUT2D eigenvalue weighted by Gasteiger charge is -2.04. The molecule has 0 heterocycles. The van der Waals surface area contributed by atoms with E-state index in [2.05, 4.69) is 24.8 Å². The maximum absolute atomic E-state index is 11.1. The Labute approximate surface area is 158 Å². The lowest BCUT2D eigenvalue weighted by molar-refractivity contribution is -0.139. The van der Waals surface area contributed by atoms with Gasteiger partial charge >= 0.3 is 11.9 Å². The van der Waals surface area contributed by atoms with Crippen LogP contribution in [0.15, 0.2) is 23.8 Å². The molecular weight excluding hydrogens is 340 g/mol. The predicted octanol–water partition coefficient (Wildman–Crippen LogP) is 5.94. The number of hydrogen-bond donors (Lipinski definition) is 0. The summed E-state index contributed by atoms with van der Waals surface area (Å²) in [6.45, 7) is 11.1. The monoisotopic (exact) mass is 374 g/mol. The number of ether oxygens (including phenoxy) is 2. The second-order valence-electron chi connectivity index (χ2n) is 5.99. The minimum atomic E-state index is -0.582. The van der Waals surface area contributed by atoms with Crippen LogP contribution in [-0.4, -0.2) is 25.7 Å². The summed E-state index contributed by atoms with van der Waals surface area (Å²) in [6, 6.07) is 0. The molecule has 0 unspecified atom stereocenters. The van der Waals surface area contributed by atoms with E-state index >= 15 is 0 Å². The zero-order valence-electron chi connectivity index (χ0n) is 16.2. The van der Waals surface area contributed by atoms with Crippen LogP contribution in [0.5, 0.6) is 0 Å². The Morgan fingerprint density at radius 1 is 0.840 bits per heavy atom. The Hall–Kier alpha value is -1.29. The summed E-state index contributed by atoms with van der Waals surface area (Å²) in [6.07, 6.45) is 13.0. The molecular formula is C20H35ClO4. The minimum absolute atomic E-state index is 0.0949. The average Bonchev–Trinajstić information content (AvgIpc) is 2.59. The lowest BCUT2D eigenvalue weighted by Crippen LogP contribution is -2.05. The van der Waals surface area contributed by atoms with E-state index in [-0.39, 0.29) is 11.0 Å². The van der Waals surface area contributed by atoms with Crippen LogP contribution >= 0.6 is 11.6 Å². The van der Waals surface area contributed by atoms with Gasteiger partial charge in [0.05, 0.1) is 13.7 Å². The zero-order chi connectivity index (χ0) is 19.5. The molecule has 0 radical (unpaired) electrons. The molecule has 0 atom stereocenters. The van der Waals surface area contributed by atoms with Crippen LogP contribution in [0.3, 0.4) is 0 Å². The van der Waals surface area contributed by atoms with Crippen molar-refractivity contribution in [3.63, 3.8) is 0 Å². The molecule has 5 heteroatoms. The van der Waals surface area contributed by atoms with Crippen molar-refractivity contribution >= 4 is 23.5 Å². The molecule has 0 saturated carbocycles. The van der Waals surface area contributed by atoms with Crippen LogP contribution in [0.2, 0.25) is 0 Å². The van der Waals surface area contributed by atoms with Crippen LogP contribution < -0.4 is 0 Å². The van der Waals surface area contributed by atoms with Gasteiger partial charge < -0.3 is 9.47 Å². The van der Waals surface area contributed by atoms with E-state index in [0.29, 0.717) is 12.2 Å². The van der Waals surface area contributed by atoms with Crippen LogP contribution in [0, 0.1) is 0 Å². The van der Waals surface area contributed by atoms with Crippen LogP contribution in [0.1, 0.15) is 78.1 Å². The fraction of sp³-hybridized carbons (Fsp3) is 0.700. The summed E-state index contributed by atoms with van der Waals surface area (Å²) in [5.41, 5.74) is 0.488. The smallest absolute Gasteiger partial charge is 0.348 e. The van der Waals surface area contributed by atoms with E-state index in [4.69, 9.17) is 16.3 Å². The van der Waals surface area contributed by atoms with Gasteiger partial charge in [0, 0.05) is 5.57 Å². The highest BCUT2D eigenvalue weighted by molar-refractivity contribution is 6.40. The molecule has 0 aliphatic carbocycles. The molecule has 0 spiro atoms. The van der Waals surface area contributed by atoms with Gasteiger partial charge in [-0.05, 0) is 13.3 Å². The topological polar surface area (TPSA) is 52.6 Å². The number of rotatable bonds is 13. The maximum Gasteiger partial charge on any atom is 0.348 e. The van der Waals surface area contributed by atoms with E-state index in [1.165, 1.54) is 64.9 Å². The third-order valence-electron chi connectivity index (χ3n) is 3.49. The number of halogens is 1. The Morgan fingerprint density at radius 2 is 1.28 bits per heavy atom. The summed E-state index contributed by atoms with van der Waals surface area (Å²) >= 11 is 5.06. The van der Waals surface area contributed by atoms with Crippen molar-refractivity contribution in [3.8, 4) is 0 Å². The van der Waals surface area contributed by atoms with Gasteiger partial charge in [-0.1, -0.05) is 89.5 Å². The fourth-order valence-corrected chi connectivity index (χ4v) is 2.07. The van der Waals surface area contributed by atoms with Crippen LogP contribution in [0.25, 0.3) is 0 Å². The number of unbranched alkanes of at least 4 members (excludes halogenated alkanes) is 9. The summed E-state index contributed by atoms with van der Waals surface area (Å²) in [5.74, 6) is -0.840. The van der Waals surface area contributed by atoms with Gasteiger partial charge in [-0.3, -0.25) is 0 Å². The molecule has 0 saturated heterocycles. The summed E-state index contributed by atoms with van der Waals surface area (Å²) in [5, 5.41) is -0.0949. The lowest BCUT2D eigenvalue weighted by atomic mass is 10.1. The highest BCUT2D eigenvalue weighted by Gasteiger charge is 2.01. The molecule has 0 fully saturated rings. The third kappa shape index (κ3) is 20.7. The van der Waals surface area contributed by atoms with Gasteiger partial charge in [-0.25, -0.2) is 9.59 Å². The maximum atomic E-state index is 11.1. The van der Waals surface area contributed by atoms with E-state index in [1.54, 1.807) is 6.92 Å². The first-order valence-corrected chi connectivity index (χ1v) is 9.49. The third-order valence-corrected chi connectivity index (χ3v) is 3.64. The molecule has 0 rings (SSSR count). The number of methoxy groups -OCH3 is 1. The van der Waals surface area contributed by atoms with Crippen molar-refractivity contribution in [2.24, 2.45) is 0 Å². The quantitative estimate of drug-likeness (QED) is 0.227. The van der Waals surface area contributed by atoms with Gasteiger partial charge in [0.1, 0.15) is 5.03 Å². The Morgan fingerprint density at radius 3 is 1.60 bits per heavy atom. The van der Waals surface area contributed by atoms with Gasteiger partial charge in [0.2, 0.25) is 0 Å². The van der Waals surface area contributed by atoms with Crippen molar-refractivity contribution in [3.05, 3.63) is 23.8 Å². The predicted molar refractivity (Wildman–Crippen MR) is 105 cm³/mol. The van der Waals surface area contributed by atoms with E-state index < -0.39 is 5.97 Å². The molecule has 0 aromatic carbocycles. The Kier molecular flexibility index (Phi) is 19.8. The van der Waals surface area contributed by atoms with Gasteiger partial charge in [0.15, 0.2) is 0 Å². The average molecular weight is 375 g/mol. The second kappa shape index (κ2) is 19.0. The van der Waals surface area contributed by atoms with E-state index in [1.807, 2.05) is 0 Å². The summed E-state index contributed by atoms with van der Waals surface area (Å²) in [7, 11) is 1.25. The molecule has 0 aliphatic heterocycles. The highest BCUT2D eigenvalue weighted by Crippen LogP contribution is 2.10. The van der Waals surface area contributed by atoms with E-state index in [9.17, 15) is 9.59 Å². The molecule has 0 N–H and O–H groups in total. The summed E-state index contributed by atoms with van der Waals surface area (Å²) in [4.78, 5) is 21.1. The van der Waals surface area contributed by atoms with Crippen molar-refractivity contribution in [1.29, 1.82) is 0 Å². The zero-order valence-corrected chi connectivity index (χ0v) is 17.0. The normalized spacial score (nSPS) is 9.60. The molecule has 0 aliphatic rings. The minimum Gasteiger partial charge on any atom is -0.465 e. The number of esters is 2. The number of hydrogen-bond acceptors (Lipinski definition) is 4. The van der Waals surface area contributed by atoms with Gasteiger partial charge in [-0.2, -0.15) is 0 Å². The molecule has 0 aromatic rings. The molecule has 146 valence electrons. The van der Waals surface area contributed by atoms with Crippen molar-refractivity contribution < 1.29 is 19.1 Å². The summed E-state index contributed by atoms with van der Waals surface area (Å²) < 4.78 is 9.18. The van der Waals surface area contributed by atoms with Crippen LogP contribution in [-0.2, 0) is 19.1 Å². The fourth-order valence-electron chi connectivity index (χ4n) is 1.99. The molecule has 4 nitrogen and oxygen atoms in total. The molecule has 0 aromatic heterocycles. The van der Waals surface area contributed by atoms with Crippen LogP contribution in [0.4, 0.5) is 0 Å². The highest BCUT2D eigenvalue weighted by atomic mass is 35.5. The SMILES string of the molecule is C=C(C)C(=O)OCCCCCCCCCCCC.C=C(Cl)C(=O)OC. The number of carbonyl (C=O) groups excluding carboxylic acids is 2. The number of carbonyl (C=O) groups is 2. The van der Waals surface area contributed by atoms with Gasteiger partial charge in [0.25, 0.3) is 0 Å². The van der Waals surface area contributed by atoms with Gasteiger partial charge in [-0.15, -0.1) is 0 Å². The van der Waals surface area contributed by atoms with Crippen molar-refractivity contribution in [1.82, 2.24) is 0 Å². The molecule has 25 heavy (non-hydrogen) atoms. The Balaban J connectivity index is 0. The van der Waals surface area contributed by atoms with Crippen molar-refractivity contribution in [2.45, 2.75) is 78.1 Å². The standard InChI is InChI=1S/C16H30O2.C4H5ClO2/c1-4-5-6-7-8-9-10-11-12-13-14-18-16(17)15(2)3;1-3(5)4(6)7-2/h2,4-14H2,1,3H3;1H2,2H3. The van der Waals surface area contributed by atoms with E-state index in [0.717, 1.165) is 6.42 Å². The molecule has 0 amide bonds. The second-order valence-corrected chi connectivity index (χ2v) is 6.45. The van der Waals surface area contributed by atoms with Crippen molar-refractivity contribution in [2.75, 3.05) is 13.7 Å².